The molecule has 0 bridgehead atoms. The summed E-state index contributed by atoms with van der Waals surface area (Å²) in [7, 11) is 0. The van der Waals surface area contributed by atoms with Crippen LogP contribution in [-0.4, -0.2) is 0 Å². The van der Waals surface area contributed by atoms with Gasteiger partial charge in [0, 0.05) is 11.1 Å². The van der Waals surface area contributed by atoms with Crippen LogP contribution in [0.15, 0.2) is 39.7 Å². The molecule has 0 saturated carbocycles. The van der Waals surface area contributed by atoms with E-state index in [1.165, 1.54) is 18.4 Å². The average molecular weight is 232 g/mol. The SMILES string of the molecule is N#CC=Cc1coc2ccc(Cl)cc2c1=O. The smallest absolute Gasteiger partial charge is 0.199 e. The van der Waals surface area contributed by atoms with E-state index < -0.39 is 0 Å². The third kappa shape index (κ3) is 1.83. The van der Waals surface area contributed by atoms with E-state index in [1.54, 1.807) is 18.2 Å². The fourth-order valence-electron chi connectivity index (χ4n) is 1.36. The van der Waals surface area contributed by atoms with Crippen LogP contribution in [0.25, 0.3) is 17.0 Å². The van der Waals surface area contributed by atoms with Gasteiger partial charge < -0.3 is 4.42 Å². The highest BCUT2D eigenvalue weighted by atomic mass is 35.5. The summed E-state index contributed by atoms with van der Waals surface area (Å²) in [4.78, 5) is 11.9. The van der Waals surface area contributed by atoms with Crippen molar-refractivity contribution in [2.45, 2.75) is 0 Å². The van der Waals surface area contributed by atoms with E-state index in [2.05, 4.69) is 0 Å². The van der Waals surface area contributed by atoms with Crippen LogP contribution in [0.1, 0.15) is 5.56 Å². The maximum Gasteiger partial charge on any atom is 0.199 e. The van der Waals surface area contributed by atoms with Gasteiger partial charge in [-0.2, -0.15) is 5.26 Å². The fraction of sp³-hybridized carbons (Fsp3) is 0. The van der Waals surface area contributed by atoms with Gasteiger partial charge >= 0.3 is 0 Å². The van der Waals surface area contributed by atoms with Crippen molar-refractivity contribution < 1.29 is 4.42 Å². The minimum atomic E-state index is -0.199. The molecule has 16 heavy (non-hydrogen) atoms. The summed E-state index contributed by atoms with van der Waals surface area (Å²) in [5, 5.41) is 9.27. The van der Waals surface area contributed by atoms with Crippen molar-refractivity contribution in [1.82, 2.24) is 0 Å². The molecule has 0 fully saturated rings. The molecular formula is C12H6ClNO2. The standard InChI is InChI=1S/C12H6ClNO2/c13-9-3-4-11-10(6-9)12(15)8(7-16-11)2-1-5-14/h1-4,6-7H. The number of benzene rings is 1. The Morgan fingerprint density at radius 1 is 1.44 bits per heavy atom. The summed E-state index contributed by atoms with van der Waals surface area (Å²) in [6.45, 7) is 0. The normalized spacial score (nSPS) is 10.8. The van der Waals surface area contributed by atoms with Crippen molar-refractivity contribution in [1.29, 1.82) is 5.26 Å². The molecule has 0 unspecified atom stereocenters. The van der Waals surface area contributed by atoms with E-state index >= 15 is 0 Å². The molecule has 1 heterocycles. The van der Waals surface area contributed by atoms with E-state index in [0.29, 0.717) is 21.6 Å². The number of nitriles is 1. The molecule has 0 atom stereocenters. The Morgan fingerprint density at radius 3 is 3.00 bits per heavy atom. The lowest BCUT2D eigenvalue weighted by molar-refractivity contribution is 0.601. The zero-order valence-corrected chi connectivity index (χ0v) is 8.86. The van der Waals surface area contributed by atoms with Gasteiger partial charge in [-0.15, -0.1) is 0 Å². The van der Waals surface area contributed by atoms with Crippen molar-refractivity contribution in [2.75, 3.05) is 0 Å². The maximum atomic E-state index is 11.9. The van der Waals surface area contributed by atoms with Gasteiger partial charge in [-0.25, -0.2) is 0 Å². The molecule has 0 saturated heterocycles. The van der Waals surface area contributed by atoms with Crippen LogP contribution < -0.4 is 5.43 Å². The van der Waals surface area contributed by atoms with Crippen molar-refractivity contribution in [2.24, 2.45) is 0 Å². The van der Waals surface area contributed by atoms with Gasteiger partial charge in [0.25, 0.3) is 0 Å². The molecular weight excluding hydrogens is 226 g/mol. The minimum Gasteiger partial charge on any atom is -0.463 e. The van der Waals surface area contributed by atoms with Crippen LogP contribution in [0.5, 0.6) is 0 Å². The highest BCUT2D eigenvalue weighted by molar-refractivity contribution is 6.31. The summed E-state index contributed by atoms with van der Waals surface area (Å²) in [6, 6.07) is 6.65. The molecule has 4 heteroatoms. The van der Waals surface area contributed by atoms with Crippen LogP contribution in [-0.2, 0) is 0 Å². The Balaban J connectivity index is 2.74. The zero-order valence-electron chi connectivity index (χ0n) is 8.11. The Hall–Kier alpha value is -2.05. The Morgan fingerprint density at radius 2 is 2.25 bits per heavy atom. The minimum absolute atomic E-state index is 0.199. The van der Waals surface area contributed by atoms with E-state index in [4.69, 9.17) is 21.3 Å². The molecule has 0 amide bonds. The lowest BCUT2D eigenvalue weighted by Gasteiger charge is -1.98. The first-order valence-electron chi connectivity index (χ1n) is 4.49. The molecule has 2 aromatic rings. The molecule has 0 aliphatic heterocycles. The van der Waals surface area contributed by atoms with Gasteiger partial charge in [0.05, 0.1) is 17.0 Å². The van der Waals surface area contributed by atoms with Crippen LogP contribution in [0.2, 0.25) is 5.02 Å². The first-order valence-corrected chi connectivity index (χ1v) is 4.87. The molecule has 3 nitrogen and oxygen atoms in total. The van der Waals surface area contributed by atoms with Crippen LogP contribution in [0.4, 0.5) is 0 Å². The monoisotopic (exact) mass is 231 g/mol. The van der Waals surface area contributed by atoms with Crippen molar-refractivity contribution in [3.8, 4) is 6.07 Å². The van der Waals surface area contributed by atoms with Crippen molar-refractivity contribution >= 4 is 28.6 Å². The molecule has 1 aromatic carbocycles. The van der Waals surface area contributed by atoms with Gasteiger partial charge in [-0.1, -0.05) is 11.6 Å². The number of allylic oxidation sites excluding steroid dienone is 1. The van der Waals surface area contributed by atoms with Gasteiger partial charge in [0.2, 0.25) is 0 Å². The molecule has 2 rings (SSSR count). The highest BCUT2D eigenvalue weighted by Gasteiger charge is 2.04. The number of nitrogens with zero attached hydrogens (tertiary/aromatic N) is 1. The van der Waals surface area contributed by atoms with Gasteiger partial charge in [-0.05, 0) is 24.3 Å². The third-order valence-electron chi connectivity index (χ3n) is 2.10. The summed E-state index contributed by atoms with van der Waals surface area (Å²) >= 11 is 5.80. The number of hydrogen-bond acceptors (Lipinski definition) is 3. The molecule has 0 spiro atoms. The van der Waals surface area contributed by atoms with Crippen LogP contribution >= 0.6 is 11.6 Å². The van der Waals surface area contributed by atoms with Crippen LogP contribution in [0.3, 0.4) is 0 Å². The van der Waals surface area contributed by atoms with Gasteiger partial charge in [-0.3, -0.25) is 4.79 Å². The predicted molar refractivity (Wildman–Crippen MR) is 62.1 cm³/mol. The molecule has 78 valence electrons. The summed E-state index contributed by atoms with van der Waals surface area (Å²) < 4.78 is 5.26. The Kier molecular flexibility index (Phi) is 2.76. The lowest BCUT2D eigenvalue weighted by atomic mass is 10.1. The Bertz CT molecular complexity index is 665. The maximum absolute atomic E-state index is 11.9. The number of hydrogen-bond donors (Lipinski definition) is 0. The summed E-state index contributed by atoms with van der Waals surface area (Å²) in [5.74, 6) is 0. The second-order valence-electron chi connectivity index (χ2n) is 3.12. The largest absolute Gasteiger partial charge is 0.463 e. The highest BCUT2D eigenvalue weighted by Crippen LogP contribution is 2.17. The first-order chi connectivity index (χ1) is 7.72. The zero-order chi connectivity index (χ0) is 11.5. The first kappa shape index (κ1) is 10.5. The summed E-state index contributed by atoms with van der Waals surface area (Å²) in [5.41, 5.74) is 0.607. The van der Waals surface area contributed by atoms with Gasteiger partial charge in [0.1, 0.15) is 11.8 Å². The van der Waals surface area contributed by atoms with E-state index in [9.17, 15) is 4.79 Å². The average Bonchev–Trinajstić information content (AvgIpc) is 2.29. The van der Waals surface area contributed by atoms with E-state index in [-0.39, 0.29) is 5.43 Å². The molecule has 0 N–H and O–H groups in total. The van der Waals surface area contributed by atoms with E-state index in [1.807, 2.05) is 6.07 Å². The third-order valence-corrected chi connectivity index (χ3v) is 2.33. The Labute approximate surface area is 96.2 Å². The molecule has 0 radical (unpaired) electrons. The summed E-state index contributed by atoms with van der Waals surface area (Å²) in [6.07, 6.45) is 3.96. The second-order valence-corrected chi connectivity index (χ2v) is 3.56. The molecule has 1 aromatic heterocycles. The number of fused-ring (bicyclic) bond motifs is 1. The second kappa shape index (κ2) is 4.21. The van der Waals surface area contributed by atoms with Crippen molar-refractivity contribution in [3.05, 3.63) is 51.3 Å². The molecule has 0 aliphatic rings. The fourth-order valence-corrected chi connectivity index (χ4v) is 1.53. The van der Waals surface area contributed by atoms with Crippen molar-refractivity contribution in [3.63, 3.8) is 0 Å². The topological polar surface area (TPSA) is 54.0 Å². The lowest BCUT2D eigenvalue weighted by Crippen LogP contribution is -2.04. The van der Waals surface area contributed by atoms with E-state index in [0.717, 1.165) is 0 Å². The van der Waals surface area contributed by atoms with Crippen LogP contribution in [0, 0.1) is 11.3 Å². The number of rotatable bonds is 1. The number of halogens is 1. The van der Waals surface area contributed by atoms with Gasteiger partial charge in [0.15, 0.2) is 5.43 Å². The predicted octanol–water partition coefficient (Wildman–Crippen LogP) is 2.98. The molecule has 0 aliphatic carbocycles. The quantitative estimate of drug-likeness (QED) is 0.709.